The van der Waals surface area contributed by atoms with Crippen molar-refractivity contribution in [2.75, 3.05) is 13.4 Å². The number of imidazole rings is 1. The SMILES string of the molecule is CC(F)F.CF.CS(=O)(=O)c1ccc(-c2nc[nH]c2-c2ccc(F)cc2)cc1. The molecule has 3 rings (SSSR count). The lowest BCUT2D eigenvalue weighted by atomic mass is 10.1. The van der Waals surface area contributed by atoms with E-state index in [-0.39, 0.29) is 10.7 Å². The molecule has 28 heavy (non-hydrogen) atoms. The van der Waals surface area contributed by atoms with Gasteiger partial charge >= 0.3 is 0 Å². The molecule has 0 amide bonds. The van der Waals surface area contributed by atoms with Crippen molar-refractivity contribution in [3.8, 4) is 22.5 Å². The van der Waals surface area contributed by atoms with Gasteiger partial charge in [-0.1, -0.05) is 12.1 Å². The van der Waals surface area contributed by atoms with E-state index in [1.807, 2.05) is 0 Å². The number of nitrogens with one attached hydrogen (secondary N) is 1. The van der Waals surface area contributed by atoms with E-state index in [0.29, 0.717) is 12.9 Å². The summed E-state index contributed by atoms with van der Waals surface area (Å²) in [5, 5.41) is 0. The molecule has 0 aliphatic carbocycles. The van der Waals surface area contributed by atoms with Gasteiger partial charge in [-0.25, -0.2) is 26.6 Å². The van der Waals surface area contributed by atoms with Crippen molar-refractivity contribution in [3.05, 3.63) is 60.7 Å². The van der Waals surface area contributed by atoms with Crippen LogP contribution in [0.2, 0.25) is 0 Å². The molecular formula is C19H20F4N2O2S. The third kappa shape index (κ3) is 6.80. The van der Waals surface area contributed by atoms with Crippen LogP contribution in [0.3, 0.4) is 0 Å². The Kier molecular flexibility index (Phi) is 8.84. The van der Waals surface area contributed by atoms with E-state index in [9.17, 15) is 26.0 Å². The average Bonchev–Trinajstić information content (AvgIpc) is 3.13. The molecule has 1 N–H and O–H groups in total. The van der Waals surface area contributed by atoms with Crippen LogP contribution in [0, 0.1) is 5.82 Å². The van der Waals surface area contributed by atoms with Gasteiger partial charge in [-0.15, -0.1) is 0 Å². The minimum Gasteiger partial charge on any atom is -0.344 e. The molecular weight excluding hydrogens is 396 g/mol. The highest BCUT2D eigenvalue weighted by Crippen LogP contribution is 2.29. The summed E-state index contributed by atoms with van der Waals surface area (Å²) in [6.07, 6.45) is 0.555. The molecule has 0 atom stereocenters. The fraction of sp³-hybridized carbons (Fsp3) is 0.211. The fourth-order valence-corrected chi connectivity index (χ4v) is 2.84. The Morgan fingerprint density at radius 1 is 0.929 bits per heavy atom. The highest BCUT2D eigenvalue weighted by atomic mass is 32.2. The zero-order valence-corrected chi connectivity index (χ0v) is 16.3. The normalized spacial score (nSPS) is 10.6. The van der Waals surface area contributed by atoms with Gasteiger partial charge in [0, 0.05) is 17.4 Å². The fourth-order valence-electron chi connectivity index (χ4n) is 2.21. The number of alkyl halides is 3. The summed E-state index contributed by atoms with van der Waals surface area (Å²) in [5.74, 6) is -0.303. The molecule has 0 saturated heterocycles. The molecule has 0 spiro atoms. The smallest absolute Gasteiger partial charge is 0.235 e. The average molecular weight is 416 g/mol. The van der Waals surface area contributed by atoms with Crippen molar-refractivity contribution in [2.45, 2.75) is 18.2 Å². The number of hydrogen-bond acceptors (Lipinski definition) is 3. The maximum absolute atomic E-state index is 13.0. The molecule has 0 saturated carbocycles. The van der Waals surface area contributed by atoms with E-state index >= 15 is 0 Å². The van der Waals surface area contributed by atoms with Crippen LogP contribution >= 0.6 is 0 Å². The minimum absolute atomic E-state index is 0.259. The number of aromatic nitrogens is 2. The maximum Gasteiger partial charge on any atom is 0.235 e. The minimum atomic E-state index is -3.23. The first-order valence-electron chi connectivity index (χ1n) is 7.94. The van der Waals surface area contributed by atoms with Crippen LogP contribution in [0.1, 0.15) is 6.92 Å². The predicted octanol–water partition coefficient (Wildman–Crippen LogP) is 5.14. The Labute approximate surface area is 161 Å². The van der Waals surface area contributed by atoms with Gasteiger partial charge in [0.05, 0.1) is 29.8 Å². The number of aromatic amines is 1. The summed E-state index contributed by atoms with van der Waals surface area (Å²) < 4.78 is 66.2. The highest BCUT2D eigenvalue weighted by Gasteiger charge is 2.12. The van der Waals surface area contributed by atoms with Gasteiger partial charge in [-0.05, 0) is 43.3 Å². The Bertz CT molecular complexity index is 952. The van der Waals surface area contributed by atoms with E-state index in [1.54, 1.807) is 42.7 Å². The Morgan fingerprint density at radius 2 is 1.39 bits per heavy atom. The van der Waals surface area contributed by atoms with Gasteiger partial charge in [0.15, 0.2) is 9.84 Å². The van der Waals surface area contributed by atoms with Crippen molar-refractivity contribution in [1.29, 1.82) is 0 Å². The van der Waals surface area contributed by atoms with Gasteiger partial charge in [0.25, 0.3) is 0 Å². The topological polar surface area (TPSA) is 62.8 Å². The van der Waals surface area contributed by atoms with E-state index in [4.69, 9.17) is 0 Å². The summed E-state index contributed by atoms with van der Waals surface area (Å²) in [5.41, 5.74) is 3.04. The standard InChI is InChI=1S/C16H13FN2O2S.C2H4F2.CH3F/c1-22(20,21)14-8-4-12(5-9-14)16-15(18-10-19-16)11-2-6-13(17)7-3-11;1-2(3)4;1-2/h2-10H,1H3,(H,18,19);2H,1H3;1H3. The van der Waals surface area contributed by atoms with Gasteiger partial charge in [0.1, 0.15) is 5.82 Å². The van der Waals surface area contributed by atoms with E-state index in [1.165, 1.54) is 18.4 Å². The molecule has 0 aliphatic rings. The lowest BCUT2D eigenvalue weighted by Crippen LogP contribution is -1.96. The van der Waals surface area contributed by atoms with Gasteiger partial charge in [-0.2, -0.15) is 0 Å². The zero-order valence-electron chi connectivity index (χ0n) is 15.5. The van der Waals surface area contributed by atoms with Gasteiger partial charge < -0.3 is 4.98 Å². The predicted molar refractivity (Wildman–Crippen MR) is 101 cm³/mol. The van der Waals surface area contributed by atoms with Crippen molar-refractivity contribution < 1.29 is 26.0 Å². The molecule has 1 heterocycles. The van der Waals surface area contributed by atoms with Crippen molar-refractivity contribution in [2.24, 2.45) is 0 Å². The molecule has 3 aromatic rings. The number of halogens is 4. The summed E-state index contributed by atoms with van der Waals surface area (Å²) >= 11 is 0. The molecule has 0 bridgehead atoms. The second-order valence-electron chi connectivity index (χ2n) is 5.45. The van der Waals surface area contributed by atoms with Gasteiger partial charge in [0.2, 0.25) is 6.43 Å². The van der Waals surface area contributed by atoms with Crippen LogP contribution in [0.5, 0.6) is 0 Å². The number of sulfone groups is 1. The second kappa shape index (κ2) is 10.6. The Morgan fingerprint density at radius 3 is 1.86 bits per heavy atom. The zero-order chi connectivity index (χ0) is 21.3. The molecule has 0 unspecified atom stereocenters. The van der Waals surface area contributed by atoms with Crippen molar-refractivity contribution >= 4 is 9.84 Å². The number of H-pyrrole nitrogens is 1. The van der Waals surface area contributed by atoms with Crippen LogP contribution in [-0.4, -0.2) is 38.2 Å². The third-order valence-corrected chi connectivity index (χ3v) is 4.46. The molecule has 0 aliphatic heterocycles. The molecule has 9 heteroatoms. The number of hydrogen-bond donors (Lipinski definition) is 1. The molecule has 4 nitrogen and oxygen atoms in total. The monoisotopic (exact) mass is 416 g/mol. The molecule has 0 fully saturated rings. The van der Waals surface area contributed by atoms with Crippen LogP contribution in [0.25, 0.3) is 22.5 Å². The summed E-state index contributed by atoms with van der Waals surface area (Å²) in [4.78, 5) is 7.57. The van der Waals surface area contributed by atoms with Crippen LogP contribution in [0.4, 0.5) is 17.6 Å². The maximum atomic E-state index is 13.0. The summed E-state index contributed by atoms with van der Waals surface area (Å²) in [6.45, 7) is 0.833. The first kappa shape index (κ1) is 23.4. The molecule has 1 aromatic heterocycles. The summed E-state index contributed by atoms with van der Waals surface area (Å²) in [6, 6.07) is 12.6. The molecule has 152 valence electrons. The highest BCUT2D eigenvalue weighted by molar-refractivity contribution is 7.90. The number of nitrogens with zero attached hydrogens (tertiary/aromatic N) is 1. The van der Waals surface area contributed by atoms with Crippen molar-refractivity contribution in [3.63, 3.8) is 0 Å². The largest absolute Gasteiger partial charge is 0.344 e. The first-order valence-corrected chi connectivity index (χ1v) is 9.83. The van der Waals surface area contributed by atoms with Crippen molar-refractivity contribution in [1.82, 2.24) is 9.97 Å². The first-order chi connectivity index (χ1) is 13.2. The van der Waals surface area contributed by atoms with E-state index in [2.05, 4.69) is 9.97 Å². The second-order valence-corrected chi connectivity index (χ2v) is 7.46. The molecule has 2 aromatic carbocycles. The van der Waals surface area contributed by atoms with Crippen LogP contribution in [0.15, 0.2) is 59.8 Å². The van der Waals surface area contributed by atoms with Gasteiger partial charge in [-0.3, -0.25) is 4.39 Å². The van der Waals surface area contributed by atoms with E-state index < -0.39 is 16.3 Å². The Hall–Kier alpha value is -2.68. The van der Waals surface area contributed by atoms with Crippen LogP contribution in [-0.2, 0) is 9.84 Å². The quantitative estimate of drug-likeness (QED) is 0.601. The lowest BCUT2D eigenvalue weighted by molar-refractivity contribution is 0.171. The lowest BCUT2D eigenvalue weighted by Gasteiger charge is -2.05. The number of rotatable bonds is 3. The summed E-state index contributed by atoms with van der Waals surface area (Å²) in [7, 11) is -2.73. The number of benzene rings is 2. The van der Waals surface area contributed by atoms with Crippen LogP contribution < -0.4 is 0 Å². The Balaban J connectivity index is 0.000000583. The molecule has 0 radical (unpaired) electrons. The third-order valence-electron chi connectivity index (χ3n) is 3.33. The van der Waals surface area contributed by atoms with E-state index in [0.717, 1.165) is 23.7 Å².